The van der Waals surface area contributed by atoms with E-state index in [1.54, 1.807) is 30.6 Å². The van der Waals surface area contributed by atoms with Crippen molar-refractivity contribution in [3.8, 4) is 11.8 Å². The number of nitrogens with zero attached hydrogens (tertiary/aromatic N) is 3. The minimum Gasteiger partial charge on any atom is -0.357 e. The van der Waals surface area contributed by atoms with Crippen LogP contribution in [-0.2, 0) is 0 Å². The van der Waals surface area contributed by atoms with Gasteiger partial charge in [0.1, 0.15) is 6.07 Å². The first-order chi connectivity index (χ1) is 7.29. The van der Waals surface area contributed by atoms with Crippen LogP contribution in [0.2, 0.25) is 0 Å². The zero-order valence-corrected chi connectivity index (χ0v) is 9.75. The van der Waals surface area contributed by atoms with E-state index in [2.05, 4.69) is 33.8 Å². The Morgan fingerprint density at radius 1 is 1.40 bits per heavy atom. The van der Waals surface area contributed by atoms with E-state index in [0.717, 1.165) is 3.57 Å². The molecule has 0 aliphatic rings. The fourth-order valence-electron chi connectivity index (χ4n) is 1.07. The zero-order chi connectivity index (χ0) is 10.7. The Kier molecular flexibility index (Phi) is 2.87. The molecule has 0 bridgehead atoms. The van der Waals surface area contributed by atoms with Crippen molar-refractivity contribution in [1.29, 1.82) is 5.26 Å². The summed E-state index contributed by atoms with van der Waals surface area (Å²) >= 11 is 2.13. The maximum absolute atomic E-state index is 8.84. The molecular formula is C10H6IN3O. The van der Waals surface area contributed by atoms with Gasteiger partial charge in [0, 0.05) is 0 Å². The predicted octanol–water partition coefficient (Wildman–Crippen LogP) is 2.20. The molecule has 0 fully saturated rings. The largest absolute Gasteiger partial charge is 0.357 e. The number of aromatic nitrogens is 2. The van der Waals surface area contributed by atoms with Crippen molar-refractivity contribution in [1.82, 2.24) is 9.94 Å². The average molecular weight is 311 g/mol. The number of benzene rings is 1. The lowest BCUT2D eigenvalue weighted by atomic mass is 10.2. The highest BCUT2D eigenvalue weighted by atomic mass is 127. The van der Waals surface area contributed by atoms with Gasteiger partial charge in [0.2, 0.25) is 0 Å². The Labute approximate surface area is 100 Å². The molecule has 74 valence electrons. The second-order valence-corrected chi connectivity index (χ2v) is 4.01. The molecule has 0 saturated carbocycles. The Bertz CT molecular complexity index is 515. The van der Waals surface area contributed by atoms with E-state index in [4.69, 9.17) is 10.1 Å². The molecule has 0 N–H and O–H groups in total. The van der Waals surface area contributed by atoms with Gasteiger partial charge in [-0.15, -0.1) is 5.10 Å². The van der Waals surface area contributed by atoms with Gasteiger partial charge < -0.3 is 4.84 Å². The number of nitriles is 1. The summed E-state index contributed by atoms with van der Waals surface area (Å²) in [5.74, 6) is 0.500. The molecule has 2 rings (SSSR count). The van der Waals surface area contributed by atoms with Crippen molar-refractivity contribution in [3.63, 3.8) is 0 Å². The molecule has 0 amide bonds. The van der Waals surface area contributed by atoms with Gasteiger partial charge in [-0.05, 0) is 34.7 Å². The van der Waals surface area contributed by atoms with Crippen LogP contribution < -0.4 is 4.84 Å². The number of para-hydroxylation sites is 1. The third-order valence-corrected chi connectivity index (χ3v) is 2.29. The van der Waals surface area contributed by atoms with Crippen LogP contribution in [0.1, 0.15) is 5.56 Å². The van der Waals surface area contributed by atoms with Gasteiger partial charge in [-0.2, -0.15) is 5.26 Å². The van der Waals surface area contributed by atoms with E-state index >= 15 is 0 Å². The van der Waals surface area contributed by atoms with E-state index in [1.807, 2.05) is 6.07 Å². The molecule has 0 unspecified atom stereocenters. The lowest BCUT2D eigenvalue weighted by Crippen LogP contribution is -2.06. The van der Waals surface area contributed by atoms with E-state index in [0.29, 0.717) is 11.3 Å². The first-order valence-corrected chi connectivity index (χ1v) is 5.25. The molecule has 5 heteroatoms. The van der Waals surface area contributed by atoms with Crippen molar-refractivity contribution in [3.05, 3.63) is 45.8 Å². The lowest BCUT2D eigenvalue weighted by molar-refractivity contribution is 0.178. The fourth-order valence-corrected chi connectivity index (χ4v) is 1.44. The van der Waals surface area contributed by atoms with Crippen LogP contribution in [0.5, 0.6) is 5.75 Å². The SMILES string of the molecule is N#Cc1ccccc1On1cc(I)cn1. The summed E-state index contributed by atoms with van der Waals surface area (Å²) in [5.41, 5.74) is 0.489. The number of rotatable bonds is 2. The maximum atomic E-state index is 8.84. The van der Waals surface area contributed by atoms with Crippen molar-refractivity contribution >= 4 is 22.6 Å². The number of hydrogen-bond acceptors (Lipinski definition) is 3. The van der Waals surface area contributed by atoms with Crippen LogP contribution in [0.25, 0.3) is 0 Å². The van der Waals surface area contributed by atoms with Crippen LogP contribution in [0.15, 0.2) is 36.7 Å². The minimum atomic E-state index is 0.489. The summed E-state index contributed by atoms with van der Waals surface area (Å²) in [6.45, 7) is 0. The van der Waals surface area contributed by atoms with Crippen LogP contribution in [-0.4, -0.2) is 9.94 Å². The molecule has 1 aromatic carbocycles. The summed E-state index contributed by atoms with van der Waals surface area (Å²) in [6, 6.07) is 9.08. The molecule has 1 aromatic heterocycles. The van der Waals surface area contributed by atoms with E-state index in [-0.39, 0.29) is 0 Å². The topological polar surface area (TPSA) is 50.8 Å². The molecule has 1 heterocycles. The van der Waals surface area contributed by atoms with Gasteiger partial charge in [0.05, 0.1) is 21.5 Å². The molecule has 4 nitrogen and oxygen atoms in total. The third kappa shape index (κ3) is 2.27. The smallest absolute Gasteiger partial charge is 0.175 e. The second kappa shape index (κ2) is 4.31. The Balaban J connectivity index is 2.28. The number of hydrogen-bond donors (Lipinski definition) is 0. The van der Waals surface area contributed by atoms with Crippen molar-refractivity contribution < 1.29 is 4.84 Å². The average Bonchev–Trinajstić information content (AvgIpc) is 2.65. The summed E-state index contributed by atoms with van der Waals surface area (Å²) in [6.07, 6.45) is 3.41. The van der Waals surface area contributed by atoms with Crippen LogP contribution >= 0.6 is 22.6 Å². The molecule has 15 heavy (non-hydrogen) atoms. The van der Waals surface area contributed by atoms with E-state index < -0.39 is 0 Å². The summed E-state index contributed by atoms with van der Waals surface area (Å²) < 4.78 is 0.974. The first-order valence-electron chi connectivity index (χ1n) is 4.17. The second-order valence-electron chi connectivity index (χ2n) is 2.76. The fraction of sp³-hybridized carbons (Fsp3) is 0. The zero-order valence-electron chi connectivity index (χ0n) is 7.59. The summed E-state index contributed by atoms with van der Waals surface area (Å²) in [5, 5.41) is 12.8. The molecule has 0 saturated heterocycles. The quantitative estimate of drug-likeness (QED) is 0.799. The van der Waals surface area contributed by atoms with E-state index in [1.165, 1.54) is 4.85 Å². The minimum absolute atomic E-state index is 0.489. The van der Waals surface area contributed by atoms with Gasteiger partial charge >= 0.3 is 0 Å². The molecule has 0 radical (unpaired) electrons. The van der Waals surface area contributed by atoms with Crippen molar-refractivity contribution in [2.45, 2.75) is 0 Å². The highest BCUT2D eigenvalue weighted by Crippen LogP contribution is 2.17. The lowest BCUT2D eigenvalue weighted by Gasteiger charge is -2.04. The first kappa shape index (κ1) is 9.98. The molecular weight excluding hydrogens is 305 g/mol. The normalized spacial score (nSPS) is 9.60. The number of halogens is 1. The van der Waals surface area contributed by atoms with Crippen molar-refractivity contribution in [2.75, 3.05) is 0 Å². The van der Waals surface area contributed by atoms with Crippen molar-refractivity contribution in [2.24, 2.45) is 0 Å². The highest BCUT2D eigenvalue weighted by Gasteiger charge is 2.03. The molecule has 0 spiro atoms. The van der Waals surface area contributed by atoms with Gasteiger partial charge in [-0.3, -0.25) is 0 Å². The monoisotopic (exact) mass is 311 g/mol. The standard InChI is InChI=1S/C10H6IN3O/c11-9-6-13-14(7-9)15-10-4-2-1-3-8(10)5-12/h1-4,6-7H. The highest BCUT2D eigenvalue weighted by molar-refractivity contribution is 14.1. The Morgan fingerprint density at radius 3 is 2.87 bits per heavy atom. The van der Waals surface area contributed by atoms with Gasteiger partial charge in [-0.1, -0.05) is 17.0 Å². The van der Waals surface area contributed by atoms with Crippen LogP contribution in [0.3, 0.4) is 0 Å². The third-order valence-electron chi connectivity index (χ3n) is 1.73. The Morgan fingerprint density at radius 2 is 2.20 bits per heavy atom. The Hall–Kier alpha value is -1.55. The summed E-state index contributed by atoms with van der Waals surface area (Å²) in [4.78, 5) is 6.73. The van der Waals surface area contributed by atoms with Crippen LogP contribution in [0.4, 0.5) is 0 Å². The van der Waals surface area contributed by atoms with Gasteiger partial charge in [-0.25, -0.2) is 0 Å². The molecule has 0 aliphatic heterocycles. The van der Waals surface area contributed by atoms with Gasteiger partial charge in [0.15, 0.2) is 5.75 Å². The maximum Gasteiger partial charge on any atom is 0.175 e. The van der Waals surface area contributed by atoms with E-state index in [9.17, 15) is 0 Å². The molecule has 0 atom stereocenters. The predicted molar refractivity (Wildman–Crippen MR) is 62.1 cm³/mol. The van der Waals surface area contributed by atoms with Gasteiger partial charge in [0.25, 0.3) is 0 Å². The summed E-state index contributed by atoms with van der Waals surface area (Å²) in [7, 11) is 0. The molecule has 0 aliphatic carbocycles. The van der Waals surface area contributed by atoms with Crippen LogP contribution in [0, 0.1) is 14.9 Å². The molecule has 2 aromatic rings.